The van der Waals surface area contributed by atoms with Crippen LogP contribution in [0.25, 0.3) is 0 Å². The molecule has 2 rings (SSSR count). The molecule has 0 amide bonds. The molecule has 90 valence electrons. The van der Waals surface area contributed by atoms with Gasteiger partial charge in [0.15, 0.2) is 0 Å². The average molecular weight is 274 g/mol. The van der Waals surface area contributed by atoms with Gasteiger partial charge in [0.25, 0.3) is 0 Å². The van der Waals surface area contributed by atoms with Crippen molar-refractivity contribution in [1.82, 2.24) is 15.3 Å². The van der Waals surface area contributed by atoms with Gasteiger partial charge in [0.1, 0.15) is 5.15 Å². The second-order valence-corrected chi connectivity index (χ2v) is 3.55. The molecule has 0 bridgehead atoms. The van der Waals surface area contributed by atoms with Crippen LogP contribution in [-0.2, 0) is 19.1 Å². The first kappa shape index (κ1) is 13.5. The molecule has 1 aliphatic heterocycles. The summed E-state index contributed by atoms with van der Waals surface area (Å²) in [6, 6.07) is 0. The smallest absolute Gasteiger partial charge is 0.311 e. The number of hydrogen-bond donors (Lipinski definition) is 1. The van der Waals surface area contributed by atoms with E-state index in [1.54, 1.807) is 0 Å². The third-order valence-corrected chi connectivity index (χ3v) is 2.45. The van der Waals surface area contributed by atoms with Gasteiger partial charge < -0.3 is 5.32 Å². The lowest BCUT2D eigenvalue weighted by Gasteiger charge is -2.18. The molecule has 2 heterocycles. The minimum absolute atomic E-state index is 0. The van der Waals surface area contributed by atoms with Crippen LogP contribution in [0, 0.1) is 0 Å². The normalized spacial score (nSPS) is 15.2. The third kappa shape index (κ3) is 2.56. The number of hydrogen-bond acceptors (Lipinski definition) is 3. The summed E-state index contributed by atoms with van der Waals surface area (Å²) in [7, 11) is 0. The monoisotopic (exact) mass is 273 g/mol. The Morgan fingerprint density at radius 3 is 2.56 bits per heavy atom. The van der Waals surface area contributed by atoms with E-state index in [-0.39, 0.29) is 17.6 Å². The zero-order valence-corrected chi connectivity index (χ0v) is 9.51. The van der Waals surface area contributed by atoms with Crippen molar-refractivity contribution in [3.8, 4) is 0 Å². The second-order valence-electron chi connectivity index (χ2n) is 3.19. The quantitative estimate of drug-likeness (QED) is 0.737. The van der Waals surface area contributed by atoms with E-state index in [0.29, 0.717) is 30.8 Å². The van der Waals surface area contributed by atoms with Gasteiger partial charge in [-0.3, -0.25) is 0 Å². The number of nitrogens with one attached hydrogen (secondary N) is 1. The van der Waals surface area contributed by atoms with Gasteiger partial charge in [0, 0.05) is 12.1 Å². The lowest BCUT2D eigenvalue weighted by molar-refractivity contribution is -0.145. The summed E-state index contributed by atoms with van der Waals surface area (Å²) >= 11 is 5.67. The molecule has 0 saturated carbocycles. The molecule has 0 atom stereocenters. The van der Waals surface area contributed by atoms with Crippen molar-refractivity contribution in [2.24, 2.45) is 0 Å². The minimum Gasteiger partial charge on any atom is -0.311 e. The first-order chi connectivity index (χ1) is 6.98. The fraction of sp³-hybridized carbons (Fsp3) is 0.500. The molecule has 3 nitrogen and oxygen atoms in total. The zero-order chi connectivity index (χ0) is 11.1. The summed E-state index contributed by atoms with van der Waals surface area (Å²) in [4.78, 5) is 6.72. The van der Waals surface area contributed by atoms with Gasteiger partial charge in [-0.15, -0.1) is 12.4 Å². The van der Waals surface area contributed by atoms with E-state index in [1.165, 1.54) is 0 Å². The van der Waals surface area contributed by atoms with Crippen LogP contribution >= 0.6 is 24.0 Å². The maximum Gasteiger partial charge on any atom is 0.451 e. The van der Waals surface area contributed by atoms with Crippen molar-refractivity contribution in [2.75, 3.05) is 6.54 Å². The van der Waals surface area contributed by atoms with E-state index in [9.17, 15) is 13.2 Å². The number of aromatic nitrogens is 2. The van der Waals surface area contributed by atoms with Crippen molar-refractivity contribution in [2.45, 2.75) is 19.1 Å². The molecule has 1 aliphatic rings. The molecule has 0 aliphatic carbocycles. The molecule has 16 heavy (non-hydrogen) atoms. The van der Waals surface area contributed by atoms with E-state index >= 15 is 0 Å². The fourth-order valence-electron chi connectivity index (χ4n) is 1.44. The SMILES string of the molecule is Cl.FC(F)(F)c1nc(Cl)c2c(n1)CNCC2. The Labute approximate surface area is 101 Å². The van der Waals surface area contributed by atoms with Gasteiger partial charge in [0.05, 0.1) is 5.69 Å². The summed E-state index contributed by atoms with van der Waals surface area (Å²) < 4.78 is 37.0. The molecule has 1 aromatic heterocycles. The number of fused-ring (bicyclic) bond motifs is 1. The van der Waals surface area contributed by atoms with Crippen LogP contribution in [0.4, 0.5) is 13.2 Å². The van der Waals surface area contributed by atoms with Gasteiger partial charge in [-0.2, -0.15) is 13.2 Å². The average Bonchev–Trinajstić information content (AvgIpc) is 2.16. The maximum absolute atomic E-state index is 12.3. The van der Waals surface area contributed by atoms with Crippen LogP contribution in [0.3, 0.4) is 0 Å². The van der Waals surface area contributed by atoms with Gasteiger partial charge >= 0.3 is 6.18 Å². The fourth-order valence-corrected chi connectivity index (χ4v) is 1.72. The molecule has 8 heteroatoms. The number of nitrogens with zero attached hydrogens (tertiary/aromatic N) is 2. The van der Waals surface area contributed by atoms with E-state index in [2.05, 4.69) is 15.3 Å². The highest BCUT2D eigenvalue weighted by Crippen LogP contribution is 2.29. The Balaban J connectivity index is 0.00000128. The van der Waals surface area contributed by atoms with Crippen molar-refractivity contribution in [1.29, 1.82) is 0 Å². The van der Waals surface area contributed by atoms with Crippen LogP contribution in [0.2, 0.25) is 5.15 Å². The lowest BCUT2D eigenvalue weighted by atomic mass is 10.1. The molecule has 0 saturated heterocycles. The highest BCUT2D eigenvalue weighted by Gasteiger charge is 2.36. The van der Waals surface area contributed by atoms with Gasteiger partial charge in [-0.05, 0) is 13.0 Å². The minimum atomic E-state index is -4.55. The number of halogens is 5. The Kier molecular flexibility index (Phi) is 3.98. The lowest BCUT2D eigenvalue weighted by Crippen LogP contribution is -2.27. The van der Waals surface area contributed by atoms with E-state index in [0.717, 1.165) is 0 Å². The van der Waals surface area contributed by atoms with Gasteiger partial charge in [-0.1, -0.05) is 11.6 Å². The third-order valence-electron chi connectivity index (χ3n) is 2.14. The molecule has 0 radical (unpaired) electrons. The second kappa shape index (κ2) is 4.73. The zero-order valence-electron chi connectivity index (χ0n) is 7.94. The molecular weight excluding hydrogens is 266 g/mol. The largest absolute Gasteiger partial charge is 0.451 e. The standard InChI is InChI=1S/C8H7ClF3N3.ClH/c9-6-4-1-2-13-3-5(4)14-7(15-6)8(10,11)12;/h13H,1-3H2;1H. The molecule has 0 aromatic carbocycles. The highest BCUT2D eigenvalue weighted by atomic mass is 35.5. The van der Waals surface area contributed by atoms with Crippen molar-refractivity contribution >= 4 is 24.0 Å². The molecule has 0 unspecified atom stereocenters. The van der Waals surface area contributed by atoms with E-state index in [4.69, 9.17) is 11.6 Å². The maximum atomic E-state index is 12.3. The molecule has 1 N–H and O–H groups in total. The molecule has 1 aromatic rings. The van der Waals surface area contributed by atoms with E-state index < -0.39 is 12.0 Å². The van der Waals surface area contributed by atoms with Crippen LogP contribution in [0.5, 0.6) is 0 Å². The van der Waals surface area contributed by atoms with Crippen LogP contribution in [-0.4, -0.2) is 16.5 Å². The van der Waals surface area contributed by atoms with Crippen molar-refractivity contribution in [3.63, 3.8) is 0 Å². The number of rotatable bonds is 0. The van der Waals surface area contributed by atoms with Crippen LogP contribution in [0.1, 0.15) is 17.1 Å². The summed E-state index contributed by atoms with van der Waals surface area (Å²) in [5.41, 5.74) is 0.956. The van der Waals surface area contributed by atoms with Crippen molar-refractivity contribution < 1.29 is 13.2 Å². The Bertz CT molecular complexity index is 395. The topological polar surface area (TPSA) is 37.8 Å². The first-order valence-electron chi connectivity index (χ1n) is 4.31. The summed E-state index contributed by atoms with van der Waals surface area (Å²) in [6.45, 7) is 0.988. The predicted molar refractivity (Wildman–Crippen MR) is 54.7 cm³/mol. The summed E-state index contributed by atoms with van der Waals surface area (Å²) in [5, 5.41) is 2.84. The summed E-state index contributed by atoms with van der Waals surface area (Å²) in [6.07, 6.45) is -3.98. The van der Waals surface area contributed by atoms with Crippen LogP contribution < -0.4 is 5.32 Å². The Morgan fingerprint density at radius 1 is 1.25 bits per heavy atom. The highest BCUT2D eigenvalue weighted by molar-refractivity contribution is 6.30. The molecular formula is C8H8Cl2F3N3. The van der Waals surface area contributed by atoms with Gasteiger partial charge in [-0.25, -0.2) is 9.97 Å². The number of alkyl halides is 3. The summed E-state index contributed by atoms with van der Waals surface area (Å²) in [5.74, 6) is -1.17. The van der Waals surface area contributed by atoms with Crippen molar-refractivity contribution in [3.05, 3.63) is 22.2 Å². The Morgan fingerprint density at radius 2 is 1.94 bits per heavy atom. The molecule has 0 fully saturated rings. The van der Waals surface area contributed by atoms with Gasteiger partial charge in [0.2, 0.25) is 5.82 Å². The van der Waals surface area contributed by atoms with E-state index in [1.807, 2.05) is 0 Å². The molecule has 0 spiro atoms. The Hall–Kier alpha value is -0.590. The predicted octanol–water partition coefficient (Wildman–Crippen LogP) is 2.22. The van der Waals surface area contributed by atoms with Crippen LogP contribution in [0.15, 0.2) is 0 Å². The first-order valence-corrected chi connectivity index (χ1v) is 4.69.